The number of carbonyl (C=O) groups is 2. The van der Waals surface area contributed by atoms with Crippen molar-refractivity contribution in [3.8, 4) is 5.75 Å². The molecule has 0 spiro atoms. The van der Waals surface area contributed by atoms with Crippen LogP contribution in [0.1, 0.15) is 47.7 Å². The summed E-state index contributed by atoms with van der Waals surface area (Å²) in [5.74, 6) is 0.367. The Balaban J connectivity index is 1.77. The zero-order valence-electron chi connectivity index (χ0n) is 19.1. The number of methoxy groups -OCH3 is 1. The molecule has 3 aromatic rings. The summed E-state index contributed by atoms with van der Waals surface area (Å²) in [7, 11) is 1.60. The van der Waals surface area contributed by atoms with Crippen LogP contribution in [0.5, 0.6) is 5.75 Å². The van der Waals surface area contributed by atoms with Gasteiger partial charge in [0, 0.05) is 22.7 Å². The molecule has 1 aromatic heterocycles. The van der Waals surface area contributed by atoms with Gasteiger partial charge in [-0.15, -0.1) is 11.3 Å². The summed E-state index contributed by atoms with van der Waals surface area (Å²) >= 11 is 1.54. The highest BCUT2D eigenvalue weighted by Gasteiger charge is 2.34. The van der Waals surface area contributed by atoms with Crippen molar-refractivity contribution in [1.82, 2.24) is 5.32 Å². The molecular formula is C27H30N2O3S. The van der Waals surface area contributed by atoms with Gasteiger partial charge in [0.2, 0.25) is 11.8 Å². The third-order valence-corrected chi connectivity index (χ3v) is 6.98. The smallest absolute Gasteiger partial charge is 0.248 e. The molecule has 0 radical (unpaired) electrons. The predicted octanol–water partition coefficient (Wildman–Crippen LogP) is 5.44. The Labute approximate surface area is 199 Å². The first-order chi connectivity index (χ1) is 16.0. The van der Waals surface area contributed by atoms with E-state index in [1.165, 1.54) is 0 Å². The zero-order chi connectivity index (χ0) is 23.2. The van der Waals surface area contributed by atoms with E-state index in [1.54, 1.807) is 23.3 Å². The minimum Gasteiger partial charge on any atom is -0.497 e. The maximum atomic E-state index is 13.7. The van der Waals surface area contributed by atoms with Crippen LogP contribution in [0.15, 0.2) is 66.0 Å². The Kier molecular flexibility index (Phi) is 7.45. The molecule has 0 unspecified atom stereocenters. The molecule has 33 heavy (non-hydrogen) atoms. The predicted molar refractivity (Wildman–Crippen MR) is 133 cm³/mol. The standard InChI is InChI=1S/C27H30N2O3S/c1-19-12-14-20(15-13-19)26(27(31)28-21-7-3-4-8-21)29(22-9-5-10-23(17-22)32-2)25(30)18-24-11-6-16-33-24/h5-6,9-17,21,26H,3-4,7-8,18H2,1-2H3,(H,28,31)/t26-/m1/s1. The van der Waals surface area contributed by atoms with Gasteiger partial charge in [0.1, 0.15) is 11.8 Å². The van der Waals surface area contributed by atoms with Crippen molar-refractivity contribution in [1.29, 1.82) is 0 Å². The second kappa shape index (κ2) is 10.7. The van der Waals surface area contributed by atoms with Crippen LogP contribution < -0.4 is 15.0 Å². The molecule has 1 saturated carbocycles. The number of hydrogen-bond acceptors (Lipinski definition) is 4. The SMILES string of the molecule is COc1cccc(N(C(=O)Cc2cccs2)[C@@H](C(=O)NC2CCCC2)c2ccc(C)cc2)c1. The monoisotopic (exact) mass is 462 g/mol. The van der Waals surface area contributed by atoms with Crippen LogP contribution in [0.25, 0.3) is 0 Å². The third kappa shape index (κ3) is 5.63. The van der Waals surface area contributed by atoms with Gasteiger partial charge in [-0.3, -0.25) is 14.5 Å². The van der Waals surface area contributed by atoms with E-state index in [4.69, 9.17) is 4.74 Å². The first-order valence-electron chi connectivity index (χ1n) is 11.4. The molecule has 172 valence electrons. The van der Waals surface area contributed by atoms with Crippen LogP contribution in [0, 0.1) is 6.92 Å². The average Bonchev–Trinajstić information content (AvgIpc) is 3.52. The summed E-state index contributed by atoms with van der Waals surface area (Å²) < 4.78 is 5.42. The van der Waals surface area contributed by atoms with Crippen molar-refractivity contribution in [2.24, 2.45) is 0 Å². The maximum Gasteiger partial charge on any atom is 0.248 e. The number of rotatable bonds is 8. The molecule has 1 N–H and O–H groups in total. The molecule has 2 amide bonds. The lowest BCUT2D eigenvalue weighted by Gasteiger charge is -2.32. The first kappa shape index (κ1) is 23.1. The first-order valence-corrected chi connectivity index (χ1v) is 12.3. The number of anilines is 1. The van der Waals surface area contributed by atoms with E-state index in [-0.39, 0.29) is 24.3 Å². The molecule has 0 bridgehead atoms. The van der Waals surface area contributed by atoms with E-state index >= 15 is 0 Å². The summed E-state index contributed by atoms with van der Waals surface area (Å²) in [5, 5.41) is 5.18. The Morgan fingerprint density at radius 2 is 1.85 bits per heavy atom. The molecule has 0 aliphatic heterocycles. The summed E-state index contributed by atoms with van der Waals surface area (Å²) in [6.45, 7) is 2.01. The van der Waals surface area contributed by atoms with E-state index in [0.717, 1.165) is 41.7 Å². The van der Waals surface area contributed by atoms with E-state index in [9.17, 15) is 9.59 Å². The van der Waals surface area contributed by atoms with E-state index in [0.29, 0.717) is 11.4 Å². The number of ether oxygens (including phenoxy) is 1. The van der Waals surface area contributed by atoms with Crippen molar-refractivity contribution in [2.45, 2.75) is 51.1 Å². The van der Waals surface area contributed by atoms with Gasteiger partial charge in [-0.05, 0) is 48.9 Å². The minimum atomic E-state index is -0.772. The van der Waals surface area contributed by atoms with Crippen molar-refractivity contribution < 1.29 is 14.3 Å². The number of carbonyl (C=O) groups excluding carboxylic acids is 2. The maximum absolute atomic E-state index is 13.7. The third-order valence-electron chi connectivity index (χ3n) is 6.11. The van der Waals surface area contributed by atoms with Crippen LogP contribution in [0.4, 0.5) is 5.69 Å². The Hall–Kier alpha value is -3.12. The molecule has 1 atom stereocenters. The summed E-state index contributed by atoms with van der Waals surface area (Å²) in [4.78, 5) is 30.1. The topological polar surface area (TPSA) is 58.6 Å². The number of thiophene rings is 1. The molecule has 1 aliphatic carbocycles. The number of nitrogens with zero attached hydrogens (tertiary/aromatic N) is 1. The Morgan fingerprint density at radius 1 is 1.09 bits per heavy atom. The highest BCUT2D eigenvalue weighted by Crippen LogP contribution is 2.32. The number of hydrogen-bond donors (Lipinski definition) is 1. The minimum absolute atomic E-state index is 0.127. The fourth-order valence-electron chi connectivity index (χ4n) is 4.36. The normalized spacial score (nSPS) is 14.6. The summed E-state index contributed by atoms with van der Waals surface area (Å²) in [5.41, 5.74) is 2.54. The molecule has 1 heterocycles. The number of aryl methyl sites for hydroxylation is 1. The molecule has 5 nitrogen and oxygen atoms in total. The molecule has 1 fully saturated rings. The highest BCUT2D eigenvalue weighted by atomic mass is 32.1. The lowest BCUT2D eigenvalue weighted by molar-refractivity contribution is -0.127. The van der Waals surface area contributed by atoms with Crippen molar-refractivity contribution in [3.05, 3.63) is 82.0 Å². The van der Waals surface area contributed by atoms with E-state index in [2.05, 4.69) is 5.32 Å². The molecule has 6 heteroatoms. The lowest BCUT2D eigenvalue weighted by atomic mass is 10.0. The lowest BCUT2D eigenvalue weighted by Crippen LogP contribution is -2.46. The van der Waals surface area contributed by atoms with Crippen molar-refractivity contribution in [2.75, 3.05) is 12.0 Å². The second-order valence-electron chi connectivity index (χ2n) is 8.52. The van der Waals surface area contributed by atoms with Crippen molar-refractivity contribution >= 4 is 28.8 Å². The van der Waals surface area contributed by atoms with Crippen LogP contribution >= 0.6 is 11.3 Å². The fourth-order valence-corrected chi connectivity index (χ4v) is 5.06. The largest absolute Gasteiger partial charge is 0.497 e. The van der Waals surface area contributed by atoms with Gasteiger partial charge in [-0.2, -0.15) is 0 Å². The molecule has 1 aliphatic rings. The molecular weight excluding hydrogens is 432 g/mol. The molecule has 2 aromatic carbocycles. The van der Waals surface area contributed by atoms with Crippen LogP contribution in [-0.4, -0.2) is 25.0 Å². The Morgan fingerprint density at radius 3 is 2.52 bits per heavy atom. The molecule has 0 saturated heterocycles. The van der Waals surface area contributed by atoms with Crippen molar-refractivity contribution in [3.63, 3.8) is 0 Å². The van der Waals surface area contributed by atoms with Gasteiger partial charge in [0.05, 0.1) is 13.5 Å². The zero-order valence-corrected chi connectivity index (χ0v) is 19.9. The Bertz CT molecular complexity index is 1070. The summed E-state index contributed by atoms with van der Waals surface area (Å²) in [6, 6.07) is 18.5. The number of nitrogens with one attached hydrogen (secondary N) is 1. The average molecular weight is 463 g/mol. The van der Waals surface area contributed by atoms with Crippen LogP contribution in [0.3, 0.4) is 0 Å². The fraction of sp³-hybridized carbons (Fsp3) is 0.333. The molecule has 4 rings (SSSR count). The van der Waals surface area contributed by atoms with E-state index in [1.807, 2.05) is 73.0 Å². The van der Waals surface area contributed by atoms with Gasteiger partial charge >= 0.3 is 0 Å². The van der Waals surface area contributed by atoms with E-state index < -0.39 is 6.04 Å². The highest BCUT2D eigenvalue weighted by molar-refractivity contribution is 7.10. The second-order valence-corrected chi connectivity index (χ2v) is 9.56. The van der Waals surface area contributed by atoms with Gasteiger partial charge in [-0.1, -0.05) is 54.8 Å². The van der Waals surface area contributed by atoms with Crippen LogP contribution in [-0.2, 0) is 16.0 Å². The van der Waals surface area contributed by atoms with Crippen LogP contribution in [0.2, 0.25) is 0 Å². The van der Waals surface area contributed by atoms with Gasteiger partial charge in [0.25, 0.3) is 0 Å². The van der Waals surface area contributed by atoms with Gasteiger partial charge in [0.15, 0.2) is 0 Å². The summed E-state index contributed by atoms with van der Waals surface area (Å²) in [6.07, 6.45) is 4.44. The quantitative estimate of drug-likeness (QED) is 0.485. The number of amides is 2. The number of benzene rings is 2. The van der Waals surface area contributed by atoms with Gasteiger partial charge < -0.3 is 10.1 Å². The van der Waals surface area contributed by atoms with Gasteiger partial charge in [-0.25, -0.2) is 0 Å².